The number of hydrogen-bond donors (Lipinski definition) is 1. The van der Waals surface area contributed by atoms with Gasteiger partial charge in [0.1, 0.15) is 5.82 Å². The SMILES string of the molecule is CNCCSc1nonc1-c1noc(=O)n1-c1ccc(F)c(Br)c1.Cl. The molecule has 2 aromatic heterocycles. The molecule has 0 aliphatic rings. The minimum atomic E-state index is -0.724. The zero-order valence-corrected chi connectivity index (χ0v) is 16.0. The van der Waals surface area contributed by atoms with Crippen molar-refractivity contribution in [3.63, 3.8) is 0 Å². The summed E-state index contributed by atoms with van der Waals surface area (Å²) in [4.78, 5) is 12.0. The maximum atomic E-state index is 13.4. The topological polar surface area (TPSA) is 99.0 Å². The molecular formula is C13H12BrClFN5O3S. The maximum absolute atomic E-state index is 13.4. The molecule has 0 fully saturated rings. The molecule has 0 saturated heterocycles. The van der Waals surface area contributed by atoms with E-state index in [0.717, 1.165) is 12.3 Å². The average Bonchev–Trinajstić information content (AvgIpc) is 3.17. The monoisotopic (exact) mass is 451 g/mol. The third-order valence-corrected chi connectivity index (χ3v) is 4.58. The van der Waals surface area contributed by atoms with Crippen LogP contribution in [0.4, 0.5) is 4.39 Å². The fraction of sp³-hybridized carbons (Fsp3) is 0.231. The lowest BCUT2D eigenvalue weighted by Gasteiger charge is -2.04. The molecule has 0 bridgehead atoms. The molecule has 8 nitrogen and oxygen atoms in total. The molecule has 25 heavy (non-hydrogen) atoms. The molecule has 3 aromatic rings. The van der Waals surface area contributed by atoms with E-state index in [9.17, 15) is 9.18 Å². The number of aromatic nitrogens is 4. The van der Waals surface area contributed by atoms with Gasteiger partial charge in [0.25, 0.3) is 0 Å². The third-order valence-electron chi connectivity index (χ3n) is 3.03. The summed E-state index contributed by atoms with van der Waals surface area (Å²) in [5.41, 5.74) is 0.654. The van der Waals surface area contributed by atoms with E-state index in [-0.39, 0.29) is 28.4 Å². The number of halogens is 3. The van der Waals surface area contributed by atoms with Crippen LogP contribution >= 0.6 is 40.1 Å². The summed E-state index contributed by atoms with van der Waals surface area (Å²) in [5.74, 6) is -0.317. The van der Waals surface area contributed by atoms with Crippen molar-refractivity contribution in [2.24, 2.45) is 0 Å². The van der Waals surface area contributed by atoms with E-state index >= 15 is 0 Å². The smallest absolute Gasteiger partial charge is 0.319 e. The summed E-state index contributed by atoms with van der Waals surface area (Å²) in [6.45, 7) is 0.757. The van der Waals surface area contributed by atoms with Gasteiger partial charge in [0.15, 0.2) is 10.7 Å². The number of nitrogens with one attached hydrogen (secondary N) is 1. The second-order valence-corrected chi connectivity index (χ2v) is 6.51. The van der Waals surface area contributed by atoms with Gasteiger partial charge in [-0.1, -0.05) is 16.9 Å². The van der Waals surface area contributed by atoms with Gasteiger partial charge in [0.05, 0.1) is 10.2 Å². The Kier molecular flexibility index (Phi) is 6.76. The molecule has 0 aliphatic carbocycles. The molecule has 0 aliphatic heterocycles. The van der Waals surface area contributed by atoms with Gasteiger partial charge in [-0.15, -0.1) is 12.4 Å². The van der Waals surface area contributed by atoms with Crippen molar-refractivity contribution in [2.45, 2.75) is 5.03 Å². The summed E-state index contributed by atoms with van der Waals surface area (Å²) in [5, 5.41) is 14.9. The Labute approximate surface area is 159 Å². The minimum absolute atomic E-state index is 0. The standard InChI is InChI=1S/C13H11BrFN5O3S.ClH/c1-16-4-5-24-12-10(17-23-19-12)11-18-22-13(21)20(11)7-2-3-9(15)8(14)6-7;/h2-3,6,16H,4-5H2,1H3;1H. The number of hydrogen-bond acceptors (Lipinski definition) is 8. The summed E-state index contributed by atoms with van der Waals surface area (Å²) in [6, 6.07) is 4.11. The first-order valence-electron chi connectivity index (χ1n) is 6.76. The van der Waals surface area contributed by atoms with Crippen LogP contribution in [-0.4, -0.2) is 39.4 Å². The van der Waals surface area contributed by atoms with Crippen LogP contribution in [0.2, 0.25) is 0 Å². The van der Waals surface area contributed by atoms with Crippen LogP contribution in [0.25, 0.3) is 17.2 Å². The number of rotatable bonds is 6. The molecule has 0 atom stereocenters. The van der Waals surface area contributed by atoms with Gasteiger partial charge in [-0.2, -0.15) is 0 Å². The number of thioether (sulfide) groups is 1. The van der Waals surface area contributed by atoms with Crippen LogP contribution in [0, 0.1) is 5.82 Å². The highest BCUT2D eigenvalue weighted by Gasteiger charge is 2.23. The predicted octanol–water partition coefficient (Wildman–Crippen LogP) is 2.51. The first-order valence-corrected chi connectivity index (χ1v) is 8.54. The van der Waals surface area contributed by atoms with Gasteiger partial charge < -0.3 is 5.32 Å². The maximum Gasteiger partial charge on any atom is 0.446 e. The summed E-state index contributed by atoms with van der Waals surface area (Å²) >= 11 is 4.48. The van der Waals surface area contributed by atoms with Gasteiger partial charge in [0.2, 0.25) is 5.82 Å². The third kappa shape index (κ3) is 4.11. The fourth-order valence-electron chi connectivity index (χ4n) is 1.91. The average molecular weight is 453 g/mol. The van der Waals surface area contributed by atoms with Gasteiger partial charge in [-0.05, 0) is 51.5 Å². The van der Waals surface area contributed by atoms with Gasteiger partial charge in [0, 0.05) is 12.3 Å². The van der Waals surface area contributed by atoms with Crippen LogP contribution in [0.3, 0.4) is 0 Å². The first kappa shape index (κ1) is 19.6. The van der Waals surface area contributed by atoms with E-state index in [1.807, 2.05) is 7.05 Å². The Balaban J connectivity index is 0.00000225. The normalized spacial score (nSPS) is 10.7. The van der Waals surface area contributed by atoms with Crippen LogP contribution in [-0.2, 0) is 0 Å². The lowest BCUT2D eigenvalue weighted by molar-refractivity contribution is 0.299. The molecule has 1 aromatic carbocycles. The Morgan fingerprint density at radius 2 is 2.16 bits per heavy atom. The Morgan fingerprint density at radius 1 is 1.36 bits per heavy atom. The molecule has 0 radical (unpaired) electrons. The first-order chi connectivity index (χ1) is 11.6. The quantitative estimate of drug-likeness (QED) is 0.450. The van der Waals surface area contributed by atoms with Crippen LogP contribution in [0.15, 0.2) is 41.6 Å². The Bertz CT molecular complexity index is 915. The molecule has 2 heterocycles. The highest BCUT2D eigenvalue weighted by molar-refractivity contribution is 9.10. The zero-order valence-electron chi connectivity index (χ0n) is 12.7. The van der Waals surface area contributed by atoms with E-state index in [2.05, 4.69) is 36.7 Å². The zero-order chi connectivity index (χ0) is 17.1. The molecule has 0 amide bonds. The molecule has 0 saturated carbocycles. The van der Waals surface area contributed by atoms with Crippen LogP contribution in [0.1, 0.15) is 0 Å². The van der Waals surface area contributed by atoms with Crippen molar-refractivity contribution in [1.29, 1.82) is 0 Å². The van der Waals surface area contributed by atoms with Gasteiger partial charge >= 0.3 is 5.76 Å². The minimum Gasteiger partial charge on any atom is -0.319 e. The molecular weight excluding hydrogens is 441 g/mol. The van der Waals surface area contributed by atoms with Crippen molar-refractivity contribution >= 4 is 40.1 Å². The highest BCUT2D eigenvalue weighted by Crippen LogP contribution is 2.28. The van der Waals surface area contributed by atoms with E-state index in [0.29, 0.717) is 10.7 Å². The molecule has 0 spiro atoms. The second kappa shape index (κ2) is 8.61. The summed E-state index contributed by atoms with van der Waals surface area (Å²) in [7, 11) is 1.84. The predicted molar refractivity (Wildman–Crippen MR) is 94.9 cm³/mol. The highest BCUT2D eigenvalue weighted by atomic mass is 79.9. The van der Waals surface area contributed by atoms with E-state index in [1.165, 1.54) is 34.5 Å². The molecule has 12 heteroatoms. The van der Waals surface area contributed by atoms with Gasteiger partial charge in [-0.25, -0.2) is 18.4 Å². The molecule has 0 unspecified atom stereocenters. The Hall–Kier alpha value is -1.69. The fourth-order valence-corrected chi connectivity index (χ4v) is 3.13. The van der Waals surface area contributed by atoms with Crippen molar-refractivity contribution in [3.8, 4) is 17.2 Å². The van der Waals surface area contributed by atoms with Crippen LogP contribution in [0.5, 0.6) is 0 Å². The molecule has 134 valence electrons. The second-order valence-electron chi connectivity index (χ2n) is 4.58. The number of benzene rings is 1. The molecule has 1 N–H and O–H groups in total. The summed E-state index contributed by atoms with van der Waals surface area (Å²) < 4.78 is 24.3. The van der Waals surface area contributed by atoms with E-state index in [4.69, 9.17) is 9.15 Å². The molecule has 3 rings (SSSR count). The van der Waals surface area contributed by atoms with Crippen LogP contribution < -0.4 is 11.1 Å². The van der Waals surface area contributed by atoms with E-state index in [1.54, 1.807) is 0 Å². The van der Waals surface area contributed by atoms with Gasteiger partial charge in [-0.3, -0.25) is 4.52 Å². The summed E-state index contributed by atoms with van der Waals surface area (Å²) in [6.07, 6.45) is 0. The number of nitrogens with zero attached hydrogens (tertiary/aromatic N) is 4. The Morgan fingerprint density at radius 3 is 2.88 bits per heavy atom. The van der Waals surface area contributed by atoms with Crippen molar-refractivity contribution in [3.05, 3.63) is 39.0 Å². The van der Waals surface area contributed by atoms with Crippen molar-refractivity contribution in [2.75, 3.05) is 19.3 Å². The van der Waals surface area contributed by atoms with E-state index < -0.39 is 11.6 Å². The lowest BCUT2D eigenvalue weighted by atomic mass is 10.3. The lowest BCUT2D eigenvalue weighted by Crippen LogP contribution is -2.14. The largest absolute Gasteiger partial charge is 0.446 e. The van der Waals surface area contributed by atoms with Crippen molar-refractivity contribution < 1.29 is 13.5 Å². The van der Waals surface area contributed by atoms with Crippen molar-refractivity contribution in [1.82, 2.24) is 25.4 Å².